The van der Waals surface area contributed by atoms with Gasteiger partial charge in [-0.1, -0.05) is 66.7 Å². The highest BCUT2D eigenvalue weighted by Gasteiger charge is 2.45. The Bertz CT molecular complexity index is 1380. The minimum absolute atomic E-state index is 0.0102. The van der Waals surface area contributed by atoms with Gasteiger partial charge < -0.3 is 14.6 Å². The fourth-order valence-electron chi connectivity index (χ4n) is 5.39. The van der Waals surface area contributed by atoms with Crippen LogP contribution in [0.2, 0.25) is 0 Å². The van der Waals surface area contributed by atoms with E-state index in [1.807, 2.05) is 67.6 Å². The van der Waals surface area contributed by atoms with Crippen molar-refractivity contribution in [1.29, 1.82) is 0 Å². The van der Waals surface area contributed by atoms with Crippen molar-refractivity contribution in [2.45, 2.75) is 38.2 Å². The van der Waals surface area contributed by atoms with E-state index in [0.717, 1.165) is 11.1 Å². The molecule has 1 heterocycles. The fourth-order valence-corrected chi connectivity index (χ4v) is 5.39. The number of phenolic OH excluding ortho intramolecular Hbond substituents is 1. The predicted octanol–water partition coefficient (Wildman–Crippen LogP) is 5.72. The van der Waals surface area contributed by atoms with E-state index in [2.05, 4.69) is 0 Å². The van der Waals surface area contributed by atoms with Crippen LogP contribution in [0.1, 0.15) is 48.3 Å². The van der Waals surface area contributed by atoms with E-state index >= 15 is 0 Å². The molecule has 0 fully saturated rings. The van der Waals surface area contributed by atoms with Gasteiger partial charge in [-0.05, 0) is 48.1 Å². The van der Waals surface area contributed by atoms with Crippen molar-refractivity contribution in [2.75, 3.05) is 7.11 Å². The predicted molar refractivity (Wildman–Crippen MR) is 141 cm³/mol. The van der Waals surface area contributed by atoms with E-state index < -0.39 is 17.8 Å². The van der Waals surface area contributed by atoms with E-state index in [1.54, 1.807) is 12.1 Å². The summed E-state index contributed by atoms with van der Waals surface area (Å²) < 4.78 is 11.1. The standard InChI is InChI=1S/C31H29NO5/c1-19-28(31(35)37-18-20-9-5-3-6-10-20)29(22-13-14-25(33)27(17-22)36-2)30-24(32-19)15-23(16-26(30)34)21-11-7-4-8-12-21/h3-14,17,23,28-29,33H,15-16,18H2,1-2H3/t23-,28?,29-/m1/s1. The van der Waals surface area contributed by atoms with Crippen LogP contribution in [0.15, 0.2) is 95.1 Å². The molecule has 0 amide bonds. The van der Waals surface area contributed by atoms with Crippen LogP contribution in [0.3, 0.4) is 0 Å². The van der Waals surface area contributed by atoms with Crippen molar-refractivity contribution >= 4 is 17.5 Å². The number of aromatic hydroxyl groups is 1. The van der Waals surface area contributed by atoms with Crippen LogP contribution in [-0.2, 0) is 20.9 Å². The summed E-state index contributed by atoms with van der Waals surface area (Å²) in [5.74, 6) is -1.52. The Kier molecular flexibility index (Phi) is 6.91. The summed E-state index contributed by atoms with van der Waals surface area (Å²) in [6, 6.07) is 24.4. The zero-order chi connectivity index (χ0) is 25.9. The number of benzene rings is 3. The summed E-state index contributed by atoms with van der Waals surface area (Å²) in [5.41, 5.74) is 4.55. The quantitative estimate of drug-likeness (QED) is 0.442. The van der Waals surface area contributed by atoms with Crippen molar-refractivity contribution in [3.63, 3.8) is 0 Å². The highest BCUT2D eigenvalue weighted by Crippen LogP contribution is 2.47. The number of phenols is 1. The van der Waals surface area contributed by atoms with Gasteiger partial charge in [-0.25, -0.2) is 0 Å². The van der Waals surface area contributed by atoms with Gasteiger partial charge in [0.1, 0.15) is 12.5 Å². The number of carbonyl (C=O) groups is 2. The number of rotatable bonds is 6. The third-order valence-electron chi connectivity index (χ3n) is 7.20. The molecular weight excluding hydrogens is 466 g/mol. The summed E-state index contributed by atoms with van der Waals surface area (Å²) in [5, 5.41) is 10.2. The summed E-state index contributed by atoms with van der Waals surface area (Å²) in [6.07, 6.45) is 0.953. The highest BCUT2D eigenvalue weighted by atomic mass is 16.5. The van der Waals surface area contributed by atoms with Crippen LogP contribution in [0.4, 0.5) is 0 Å². The van der Waals surface area contributed by atoms with E-state index in [0.29, 0.717) is 35.4 Å². The second-order valence-corrected chi connectivity index (χ2v) is 9.53. The molecule has 37 heavy (non-hydrogen) atoms. The Morgan fingerprint density at radius 3 is 2.38 bits per heavy atom. The maximum Gasteiger partial charge on any atom is 0.315 e. The van der Waals surface area contributed by atoms with Gasteiger partial charge >= 0.3 is 5.97 Å². The van der Waals surface area contributed by atoms with Crippen LogP contribution >= 0.6 is 0 Å². The molecule has 3 aromatic carbocycles. The molecule has 0 saturated heterocycles. The lowest BCUT2D eigenvalue weighted by molar-refractivity contribution is -0.148. The van der Waals surface area contributed by atoms with Crippen molar-refractivity contribution in [3.05, 3.63) is 107 Å². The molecule has 0 aromatic heterocycles. The SMILES string of the molecule is COc1cc([C@H]2C3=C(C[C@@H](c4ccccc4)CC3=O)N=C(C)C2C(=O)OCc2ccccc2)ccc1O. The van der Waals surface area contributed by atoms with Crippen LogP contribution in [-0.4, -0.2) is 29.7 Å². The maximum absolute atomic E-state index is 13.7. The summed E-state index contributed by atoms with van der Waals surface area (Å²) >= 11 is 0. The van der Waals surface area contributed by atoms with Gasteiger partial charge in [0.05, 0.1) is 7.11 Å². The minimum Gasteiger partial charge on any atom is -0.504 e. The van der Waals surface area contributed by atoms with Crippen LogP contribution in [0.25, 0.3) is 0 Å². The topological polar surface area (TPSA) is 85.2 Å². The number of ether oxygens (including phenoxy) is 2. The number of methoxy groups -OCH3 is 1. The summed E-state index contributed by atoms with van der Waals surface area (Å²) in [6.45, 7) is 1.95. The number of allylic oxidation sites excluding steroid dienone is 2. The lowest BCUT2D eigenvalue weighted by Crippen LogP contribution is -2.38. The number of esters is 1. The van der Waals surface area contributed by atoms with Gasteiger partial charge in [0.15, 0.2) is 17.3 Å². The Balaban J connectivity index is 1.54. The second-order valence-electron chi connectivity index (χ2n) is 9.53. The first-order valence-corrected chi connectivity index (χ1v) is 12.4. The van der Waals surface area contributed by atoms with Crippen LogP contribution in [0.5, 0.6) is 11.5 Å². The lowest BCUT2D eigenvalue weighted by atomic mass is 9.69. The molecule has 1 N–H and O–H groups in total. The monoisotopic (exact) mass is 495 g/mol. The first kappa shape index (κ1) is 24.5. The van der Waals surface area contributed by atoms with Gasteiger partial charge in [0, 0.05) is 29.3 Å². The molecule has 1 unspecified atom stereocenters. The van der Waals surface area contributed by atoms with Crippen molar-refractivity contribution in [3.8, 4) is 11.5 Å². The van der Waals surface area contributed by atoms with Crippen molar-refractivity contribution < 1.29 is 24.2 Å². The minimum atomic E-state index is -0.770. The molecule has 6 heteroatoms. The van der Waals surface area contributed by atoms with E-state index in [-0.39, 0.29) is 29.8 Å². The van der Waals surface area contributed by atoms with E-state index in [9.17, 15) is 14.7 Å². The van der Waals surface area contributed by atoms with Crippen molar-refractivity contribution in [2.24, 2.45) is 10.9 Å². The largest absolute Gasteiger partial charge is 0.504 e. The normalized spacial score (nSPS) is 21.2. The first-order valence-electron chi connectivity index (χ1n) is 12.4. The number of hydrogen-bond acceptors (Lipinski definition) is 6. The molecule has 5 rings (SSSR count). The third-order valence-corrected chi connectivity index (χ3v) is 7.20. The zero-order valence-electron chi connectivity index (χ0n) is 20.9. The maximum atomic E-state index is 13.7. The molecule has 6 nitrogen and oxygen atoms in total. The molecule has 0 radical (unpaired) electrons. The van der Waals surface area contributed by atoms with Gasteiger partial charge in [0.2, 0.25) is 0 Å². The Morgan fingerprint density at radius 2 is 1.68 bits per heavy atom. The number of hydrogen-bond donors (Lipinski definition) is 1. The molecule has 0 bridgehead atoms. The first-order chi connectivity index (χ1) is 18.0. The number of carbonyl (C=O) groups excluding carboxylic acids is 2. The fraction of sp³-hybridized carbons (Fsp3) is 0.258. The zero-order valence-corrected chi connectivity index (χ0v) is 20.9. The average molecular weight is 496 g/mol. The Hall–Kier alpha value is -4.19. The molecule has 1 aliphatic heterocycles. The molecule has 1 aliphatic carbocycles. The van der Waals surface area contributed by atoms with E-state index in [4.69, 9.17) is 14.5 Å². The smallest absolute Gasteiger partial charge is 0.315 e. The average Bonchev–Trinajstić information content (AvgIpc) is 2.92. The highest BCUT2D eigenvalue weighted by molar-refractivity contribution is 6.09. The van der Waals surface area contributed by atoms with Gasteiger partial charge in [0.25, 0.3) is 0 Å². The Labute approximate surface area is 216 Å². The summed E-state index contributed by atoms with van der Waals surface area (Å²) in [4.78, 5) is 32.1. The van der Waals surface area contributed by atoms with Gasteiger partial charge in [-0.15, -0.1) is 0 Å². The number of Topliss-reactive ketones (excluding diaryl/α,β-unsaturated/α-hetero) is 1. The molecule has 0 spiro atoms. The van der Waals surface area contributed by atoms with Gasteiger partial charge in [-0.3, -0.25) is 14.6 Å². The third kappa shape index (κ3) is 4.92. The van der Waals surface area contributed by atoms with Crippen LogP contribution in [0, 0.1) is 5.92 Å². The second kappa shape index (κ2) is 10.4. The number of aliphatic imine (C=N–C) groups is 1. The number of nitrogens with zero attached hydrogens (tertiary/aromatic N) is 1. The molecule has 2 aliphatic rings. The van der Waals surface area contributed by atoms with Crippen molar-refractivity contribution in [1.82, 2.24) is 0 Å². The summed E-state index contributed by atoms with van der Waals surface area (Å²) in [7, 11) is 1.47. The molecule has 3 aromatic rings. The Morgan fingerprint density at radius 1 is 0.973 bits per heavy atom. The molecule has 188 valence electrons. The molecule has 3 atom stereocenters. The van der Waals surface area contributed by atoms with Gasteiger partial charge in [-0.2, -0.15) is 0 Å². The molecule has 0 saturated carbocycles. The molecular formula is C31H29NO5. The van der Waals surface area contributed by atoms with Crippen LogP contribution < -0.4 is 4.74 Å². The number of ketones is 1. The lowest BCUT2D eigenvalue weighted by Gasteiger charge is -2.36. The van der Waals surface area contributed by atoms with E-state index in [1.165, 1.54) is 13.2 Å².